The van der Waals surface area contributed by atoms with Gasteiger partial charge in [0.15, 0.2) is 5.60 Å². The number of allylic oxidation sites excluding steroid dienone is 2. The second-order valence-electron chi connectivity index (χ2n) is 9.14. The van der Waals surface area contributed by atoms with Crippen LogP contribution in [0.5, 0.6) is 0 Å². The number of anilines is 1. The first-order valence-electron chi connectivity index (χ1n) is 12.9. The average Bonchev–Trinajstić information content (AvgIpc) is 3.42. The minimum Gasteiger partial charge on any atom is -0.497 e. The maximum Gasteiger partial charge on any atom is 0.301 e. The number of carbonyl (C=O) groups is 1. The Balaban J connectivity index is 2.10. The number of likely N-dealkylation sites (N-methyl/N-ethyl adjacent to an activating group) is 1. The molecule has 2 N–H and O–H groups in total. The van der Waals surface area contributed by atoms with Crippen LogP contribution in [-0.2, 0) is 21.6 Å². The van der Waals surface area contributed by atoms with Gasteiger partial charge in [0, 0.05) is 18.7 Å². The number of nitrogens with one attached hydrogen (secondary N) is 1. The van der Waals surface area contributed by atoms with Crippen molar-refractivity contribution in [2.45, 2.75) is 39.7 Å². The van der Waals surface area contributed by atoms with Crippen molar-refractivity contribution in [2.75, 3.05) is 19.0 Å². The van der Waals surface area contributed by atoms with E-state index in [2.05, 4.69) is 23.5 Å². The van der Waals surface area contributed by atoms with E-state index in [1.54, 1.807) is 12.3 Å². The van der Waals surface area contributed by atoms with Gasteiger partial charge in [-0.3, -0.25) is 10.1 Å². The maximum atomic E-state index is 13.4. The molecule has 39 heavy (non-hydrogen) atoms. The summed E-state index contributed by atoms with van der Waals surface area (Å²) >= 11 is 0. The molecule has 0 spiro atoms. The highest BCUT2D eigenvalue weighted by molar-refractivity contribution is 6.05. The van der Waals surface area contributed by atoms with E-state index in [4.69, 9.17) is 9.15 Å². The summed E-state index contributed by atoms with van der Waals surface area (Å²) in [5, 5.41) is 15.0. The van der Waals surface area contributed by atoms with Crippen molar-refractivity contribution in [2.24, 2.45) is 0 Å². The highest BCUT2D eigenvalue weighted by atomic mass is 16.5. The smallest absolute Gasteiger partial charge is 0.301 e. The molecular formula is C32H37N3O4. The van der Waals surface area contributed by atoms with Gasteiger partial charge in [-0.15, -0.1) is 0 Å². The van der Waals surface area contributed by atoms with Gasteiger partial charge in [-0.05, 0) is 38.0 Å². The first kappa shape index (κ1) is 29.2. The Kier molecular flexibility index (Phi) is 9.68. The molecule has 7 heteroatoms. The lowest BCUT2D eigenvalue weighted by molar-refractivity contribution is -0.113. The molecule has 0 atom stereocenters. The molecule has 1 amide bonds. The summed E-state index contributed by atoms with van der Waals surface area (Å²) in [6, 6.07) is 18.9. The standard InChI is InChI=1S/C32H37N3O4/c1-8-27-21-33-31(39-27)34-30(36)28(23(5)38-7)20-29(22(3)4)35(9-2)24(6)32(37,25-16-12-10-13-17-25)26-18-14-11-15-19-26/h10-21,37H,5-6,8-9H2,1-4,7H3,(H,33,34,36)/b28-20+. The third-order valence-corrected chi connectivity index (χ3v) is 6.44. The summed E-state index contributed by atoms with van der Waals surface area (Å²) in [6.07, 6.45) is 3.91. The van der Waals surface area contributed by atoms with Crippen molar-refractivity contribution in [3.05, 3.63) is 131 Å². The van der Waals surface area contributed by atoms with Crippen molar-refractivity contribution < 1.29 is 19.1 Å². The molecule has 3 aromatic rings. The van der Waals surface area contributed by atoms with Gasteiger partial charge < -0.3 is 19.2 Å². The summed E-state index contributed by atoms with van der Waals surface area (Å²) in [7, 11) is 1.45. The fraction of sp³-hybridized carbons (Fsp3) is 0.250. The van der Waals surface area contributed by atoms with Crippen LogP contribution in [0.4, 0.5) is 6.01 Å². The Hall–Kier alpha value is -4.36. The molecule has 0 radical (unpaired) electrons. The van der Waals surface area contributed by atoms with Crippen LogP contribution in [0.2, 0.25) is 0 Å². The fourth-order valence-corrected chi connectivity index (χ4v) is 4.27. The number of methoxy groups -OCH3 is 1. The van der Waals surface area contributed by atoms with Gasteiger partial charge in [0.1, 0.15) is 11.5 Å². The molecule has 0 aliphatic carbocycles. The zero-order valence-electron chi connectivity index (χ0n) is 23.3. The molecule has 3 rings (SSSR count). The molecule has 0 aliphatic rings. The lowest BCUT2D eigenvalue weighted by Gasteiger charge is -2.39. The Bertz CT molecular complexity index is 1330. The molecule has 0 saturated carbocycles. The minimum atomic E-state index is -1.54. The second-order valence-corrected chi connectivity index (χ2v) is 9.14. The van der Waals surface area contributed by atoms with Gasteiger partial charge in [0.05, 0.1) is 24.6 Å². The zero-order chi connectivity index (χ0) is 28.6. The van der Waals surface area contributed by atoms with Gasteiger partial charge in [-0.25, -0.2) is 4.98 Å². The first-order valence-corrected chi connectivity index (χ1v) is 12.9. The number of hydrogen-bond acceptors (Lipinski definition) is 6. The number of rotatable bonds is 12. The van der Waals surface area contributed by atoms with Crippen molar-refractivity contribution in [3.63, 3.8) is 0 Å². The van der Waals surface area contributed by atoms with E-state index < -0.39 is 11.5 Å². The predicted octanol–water partition coefficient (Wildman–Crippen LogP) is 6.33. The van der Waals surface area contributed by atoms with Crippen LogP contribution in [0.25, 0.3) is 0 Å². The Morgan fingerprint density at radius 2 is 1.64 bits per heavy atom. The first-order chi connectivity index (χ1) is 18.7. The van der Waals surface area contributed by atoms with E-state index in [-0.39, 0.29) is 17.3 Å². The van der Waals surface area contributed by atoms with Crippen molar-refractivity contribution in [1.29, 1.82) is 0 Å². The summed E-state index contributed by atoms with van der Waals surface area (Å²) in [6.45, 7) is 16.5. The van der Waals surface area contributed by atoms with Crippen LogP contribution < -0.4 is 5.32 Å². The number of aliphatic hydroxyl groups is 1. The third-order valence-electron chi connectivity index (χ3n) is 6.44. The van der Waals surface area contributed by atoms with Gasteiger partial charge in [-0.1, -0.05) is 86.3 Å². The van der Waals surface area contributed by atoms with Gasteiger partial charge in [0.25, 0.3) is 5.91 Å². The van der Waals surface area contributed by atoms with Crippen LogP contribution in [0.1, 0.15) is 44.6 Å². The SMILES string of the molecule is C=C(OC)/C(=C\C(=C(C)C)N(CC)C(=C)C(O)(c1ccccc1)c1ccccc1)C(=O)Nc1ncc(CC)o1. The normalized spacial score (nSPS) is 11.5. The quantitative estimate of drug-likeness (QED) is 0.163. The third kappa shape index (κ3) is 6.38. The highest BCUT2D eigenvalue weighted by Gasteiger charge is 2.38. The molecule has 0 saturated heterocycles. The van der Waals surface area contributed by atoms with Gasteiger partial charge in [0.2, 0.25) is 0 Å². The van der Waals surface area contributed by atoms with Crippen LogP contribution in [0.3, 0.4) is 0 Å². The van der Waals surface area contributed by atoms with E-state index in [1.165, 1.54) is 7.11 Å². The molecule has 1 aromatic heterocycles. The topological polar surface area (TPSA) is 87.8 Å². The van der Waals surface area contributed by atoms with Crippen molar-refractivity contribution in [1.82, 2.24) is 9.88 Å². The molecule has 0 fully saturated rings. The van der Waals surface area contributed by atoms with Crippen molar-refractivity contribution >= 4 is 11.9 Å². The lowest BCUT2D eigenvalue weighted by atomic mass is 9.83. The molecule has 2 aromatic carbocycles. The number of aromatic nitrogens is 1. The summed E-state index contributed by atoms with van der Waals surface area (Å²) in [5.41, 5.74) is 1.97. The molecule has 0 bridgehead atoms. The van der Waals surface area contributed by atoms with E-state index in [9.17, 15) is 9.90 Å². The number of carbonyl (C=O) groups excluding carboxylic acids is 1. The number of nitrogens with zero attached hydrogens (tertiary/aromatic N) is 2. The monoisotopic (exact) mass is 527 g/mol. The highest BCUT2D eigenvalue weighted by Crippen LogP contribution is 2.39. The van der Waals surface area contributed by atoms with Crippen LogP contribution in [-0.4, -0.2) is 34.6 Å². The lowest BCUT2D eigenvalue weighted by Crippen LogP contribution is -2.39. The average molecular weight is 528 g/mol. The van der Waals surface area contributed by atoms with E-state index >= 15 is 0 Å². The number of hydrogen-bond donors (Lipinski definition) is 2. The number of oxazole rings is 1. The van der Waals surface area contributed by atoms with Crippen LogP contribution in [0.15, 0.2) is 119 Å². The minimum absolute atomic E-state index is 0.0877. The molecule has 1 heterocycles. The number of amides is 1. The van der Waals surface area contributed by atoms with E-state index in [0.29, 0.717) is 41.2 Å². The van der Waals surface area contributed by atoms with Crippen LogP contribution >= 0.6 is 0 Å². The maximum absolute atomic E-state index is 13.4. The number of aryl methyl sites for hydroxylation is 1. The second kappa shape index (κ2) is 12.9. The van der Waals surface area contributed by atoms with Crippen molar-refractivity contribution in [3.8, 4) is 0 Å². The van der Waals surface area contributed by atoms with E-state index in [1.807, 2.05) is 93.3 Å². The number of ether oxygens (including phenoxy) is 1. The predicted molar refractivity (Wildman–Crippen MR) is 155 cm³/mol. The fourth-order valence-electron chi connectivity index (χ4n) is 4.27. The molecule has 0 aliphatic heterocycles. The molecule has 7 nitrogen and oxygen atoms in total. The molecule has 0 unspecified atom stereocenters. The largest absolute Gasteiger partial charge is 0.497 e. The Morgan fingerprint density at radius 3 is 2.08 bits per heavy atom. The zero-order valence-corrected chi connectivity index (χ0v) is 23.3. The Morgan fingerprint density at radius 1 is 1.08 bits per heavy atom. The molecular weight excluding hydrogens is 490 g/mol. The van der Waals surface area contributed by atoms with E-state index in [0.717, 1.165) is 5.57 Å². The summed E-state index contributed by atoms with van der Waals surface area (Å²) in [4.78, 5) is 19.4. The van der Waals surface area contributed by atoms with Gasteiger partial charge in [-0.2, -0.15) is 0 Å². The number of benzene rings is 2. The molecule has 204 valence electrons. The summed E-state index contributed by atoms with van der Waals surface area (Å²) in [5.74, 6) is 0.325. The van der Waals surface area contributed by atoms with Crippen LogP contribution in [0, 0.1) is 0 Å². The Labute approximate surface area is 230 Å². The van der Waals surface area contributed by atoms with Gasteiger partial charge >= 0.3 is 6.01 Å². The summed E-state index contributed by atoms with van der Waals surface area (Å²) < 4.78 is 10.9.